The zero-order valence-electron chi connectivity index (χ0n) is 15.9. The summed E-state index contributed by atoms with van der Waals surface area (Å²) in [6.45, 7) is 3.78. The molecule has 0 radical (unpaired) electrons. The van der Waals surface area contributed by atoms with Crippen molar-refractivity contribution >= 4 is 24.0 Å². The Morgan fingerprint density at radius 2 is 2.10 bits per heavy atom. The van der Waals surface area contributed by atoms with Crippen LogP contribution in [0.1, 0.15) is 35.1 Å². The molecule has 1 aliphatic rings. The summed E-state index contributed by atoms with van der Waals surface area (Å²) in [6, 6.07) is 7.36. The summed E-state index contributed by atoms with van der Waals surface area (Å²) >= 11 is 0. The van der Waals surface area contributed by atoms with Gasteiger partial charge in [0, 0.05) is 24.1 Å². The number of amides is 1. The first-order chi connectivity index (χ1) is 13.7. The minimum atomic E-state index is -0.297. The number of carbonyl (C=O) groups excluding carboxylic acids is 1. The van der Waals surface area contributed by atoms with E-state index in [9.17, 15) is 4.79 Å². The van der Waals surface area contributed by atoms with Crippen LogP contribution in [-0.4, -0.2) is 44.0 Å². The molecule has 1 aromatic carbocycles. The van der Waals surface area contributed by atoms with Gasteiger partial charge in [-0.25, -0.2) is 9.67 Å². The van der Waals surface area contributed by atoms with Crippen molar-refractivity contribution in [3.05, 3.63) is 54.2 Å². The molecule has 0 atom stereocenters. The lowest BCUT2D eigenvalue weighted by Gasteiger charge is -2.23. The Morgan fingerprint density at radius 1 is 1.28 bits per heavy atom. The number of carbonyl (C=O) groups is 1. The van der Waals surface area contributed by atoms with E-state index in [4.69, 9.17) is 4.74 Å². The molecule has 0 bridgehead atoms. The van der Waals surface area contributed by atoms with Gasteiger partial charge in [0.2, 0.25) is 5.88 Å². The Kier molecular flexibility index (Phi) is 6.73. The van der Waals surface area contributed by atoms with Gasteiger partial charge in [-0.15, -0.1) is 17.5 Å². The quantitative estimate of drug-likeness (QED) is 0.659. The summed E-state index contributed by atoms with van der Waals surface area (Å²) in [7, 11) is 0. The largest absolute Gasteiger partial charge is 0.437 e. The van der Waals surface area contributed by atoms with Crippen LogP contribution in [0.15, 0.2) is 42.9 Å². The maximum atomic E-state index is 12.7. The van der Waals surface area contributed by atoms with E-state index in [-0.39, 0.29) is 24.4 Å². The van der Waals surface area contributed by atoms with Crippen LogP contribution >= 0.6 is 12.4 Å². The second-order valence-corrected chi connectivity index (χ2v) is 6.58. The van der Waals surface area contributed by atoms with Crippen LogP contribution in [0.4, 0.5) is 5.69 Å². The zero-order valence-corrected chi connectivity index (χ0v) is 16.7. The number of rotatable bonds is 5. The van der Waals surface area contributed by atoms with Gasteiger partial charge in [-0.05, 0) is 45.0 Å². The highest BCUT2D eigenvalue weighted by molar-refractivity contribution is 6.03. The van der Waals surface area contributed by atoms with E-state index in [1.54, 1.807) is 36.7 Å². The van der Waals surface area contributed by atoms with Gasteiger partial charge in [0.05, 0.1) is 17.9 Å². The number of halogens is 1. The lowest BCUT2D eigenvalue weighted by atomic mass is 10.1. The molecule has 1 fully saturated rings. The molecule has 152 valence electrons. The Balaban J connectivity index is 0.00000240. The summed E-state index contributed by atoms with van der Waals surface area (Å²) in [4.78, 5) is 20.7. The molecule has 0 spiro atoms. The molecule has 2 N–H and O–H groups in total. The van der Waals surface area contributed by atoms with Crippen molar-refractivity contribution in [3.63, 3.8) is 0 Å². The molecular weight excluding hydrogens is 394 g/mol. The summed E-state index contributed by atoms with van der Waals surface area (Å²) in [5.41, 5.74) is 1.71. The van der Waals surface area contributed by atoms with Crippen LogP contribution in [0.3, 0.4) is 0 Å². The highest BCUT2D eigenvalue weighted by Crippen LogP contribution is 2.24. The molecule has 10 heteroatoms. The van der Waals surface area contributed by atoms with Gasteiger partial charge >= 0.3 is 0 Å². The normalized spacial score (nSPS) is 14.1. The minimum absolute atomic E-state index is 0. The molecule has 29 heavy (non-hydrogen) atoms. The lowest BCUT2D eigenvalue weighted by molar-refractivity contribution is 0.102. The van der Waals surface area contributed by atoms with Crippen molar-refractivity contribution in [2.24, 2.45) is 0 Å². The third-order valence-corrected chi connectivity index (χ3v) is 4.65. The number of benzene rings is 1. The monoisotopic (exact) mass is 415 g/mol. The van der Waals surface area contributed by atoms with Gasteiger partial charge in [-0.3, -0.25) is 9.78 Å². The first-order valence-corrected chi connectivity index (χ1v) is 9.18. The third-order valence-electron chi connectivity index (χ3n) is 4.65. The number of hydrogen-bond acceptors (Lipinski definition) is 7. The van der Waals surface area contributed by atoms with Crippen molar-refractivity contribution < 1.29 is 9.53 Å². The van der Waals surface area contributed by atoms with E-state index in [0.717, 1.165) is 31.6 Å². The lowest BCUT2D eigenvalue weighted by Crippen LogP contribution is -2.30. The van der Waals surface area contributed by atoms with Crippen LogP contribution in [0.25, 0.3) is 0 Å². The number of anilines is 1. The van der Waals surface area contributed by atoms with Crippen LogP contribution in [-0.2, 0) is 0 Å². The van der Waals surface area contributed by atoms with Gasteiger partial charge in [-0.2, -0.15) is 0 Å². The van der Waals surface area contributed by atoms with Crippen molar-refractivity contribution in [1.82, 2.24) is 30.3 Å². The topological polar surface area (TPSA) is 107 Å². The smallest absolute Gasteiger partial charge is 0.278 e. The van der Waals surface area contributed by atoms with Gasteiger partial charge in [0.1, 0.15) is 5.75 Å². The molecule has 3 aromatic rings. The van der Waals surface area contributed by atoms with E-state index in [2.05, 4.69) is 30.9 Å². The molecule has 1 amide bonds. The molecule has 0 saturated carbocycles. The van der Waals surface area contributed by atoms with Gasteiger partial charge in [0.15, 0.2) is 5.69 Å². The van der Waals surface area contributed by atoms with E-state index < -0.39 is 0 Å². The molecule has 0 unspecified atom stereocenters. The first-order valence-electron chi connectivity index (χ1n) is 9.18. The maximum Gasteiger partial charge on any atom is 0.278 e. The standard InChI is InChI=1S/C19H21N7O2.ClH/c1-13-18(24-25-26(13)15-5-7-20-8-6-15)19(27)23-14-3-2-4-16(11-14)28-17-12-21-9-10-22-17;/h2-4,9-12,15,20H,5-8H2,1H3,(H,23,27);1H. The number of hydrogen-bond donors (Lipinski definition) is 2. The summed E-state index contributed by atoms with van der Waals surface area (Å²) in [6.07, 6.45) is 6.60. The van der Waals surface area contributed by atoms with E-state index in [1.165, 1.54) is 6.20 Å². The molecule has 2 aromatic heterocycles. The average molecular weight is 416 g/mol. The Morgan fingerprint density at radius 3 is 2.86 bits per heavy atom. The van der Waals surface area contributed by atoms with Gasteiger partial charge in [-0.1, -0.05) is 11.3 Å². The highest BCUT2D eigenvalue weighted by Gasteiger charge is 2.23. The average Bonchev–Trinajstić information content (AvgIpc) is 3.11. The fourth-order valence-corrected chi connectivity index (χ4v) is 3.24. The summed E-state index contributed by atoms with van der Waals surface area (Å²) < 4.78 is 7.51. The molecular formula is C19H22ClN7O2. The van der Waals surface area contributed by atoms with E-state index >= 15 is 0 Å². The fraction of sp³-hybridized carbons (Fsp3) is 0.316. The second kappa shape index (κ2) is 9.44. The van der Waals surface area contributed by atoms with E-state index in [0.29, 0.717) is 23.0 Å². The van der Waals surface area contributed by atoms with Crippen LogP contribution in [0.5, 0.6) is 11.6 Å². The summed E-state index contributed by atoms with van der Waals surface area (Å²) in [5, 5.41) is 14.5. The minimum Gasteiger partial charge on any atom is -0.437 e. The second-order valence-electron chi connectivity index (χ2n) is 6.58. The number of nitrogens with one attached hydrogen (secondary N) is 2. The van der Waals surface area contributed by atoms with Crippen molar-refractivity contribution in [2.75, 3.05) is 18.4 Å². The SMILES string of the molecule is Cc1c(C(=O)Nc2cccc(Oc3cnccn3)c2)nnn1C1CCNCC1.Cl. The number of aromatic nitrogens is 5. The van der Waals surface area contributed by atoms with E-state index in [1.807, 2.05) is 11.6 Å². The molecule has 1 aliphatic heterocycles. The Bertz CT molecular complexity index is 958. The van der Waals surface area contributed by atoms with Crippen LogP contribution < -0.4 is 15.4 Å². The van der Waals surface area contributed by atoms with Crippen LogP contribution in [0, 0.1) is 6.92 Å². The van der Waals surface area contributed by atoms with Crippen molar-refractivity contribution in [1.29, 1.82) is 0 Å². The predicted molar refractivity (Wildman–Crippen MR) is 110 cm³/mol. The molecule has 9 nitrogen and oxygen atoms in total. The van der Waals surface area contributed by atoms with Crippen LogP contribution in [0.2, 0.25) is 0 Å². The molecule has 3 heterocycles. The van der Waals surface area contributed by atoms with Gasteiger partial charge in [0.25, 0.3) is 5.91 Å². The Hall–Kier alpha value is -3.04. The van der Waals surface area contributed by atoms with Gasteiger partial charge < -0.3 is 15.4 Å². The zero-order chi connectivity index (χ0) is 19.3. The third kappa shape index (κ3) is 4.87. The fourth-order valence-electron chi connectivity index (χ4n) is 3.24. The van der Waals surface area contributed by atoms with Crippen molar-refractivity contribution in [2.45, 2.75) is 25.8 Å². The molecule has 0 aliphatic carbocycles. The predicted octanol–water partition coefficient (Wildman–Crippen LogP) is 2.77. The maximum absolute atomic E-state index is 12.7. The number of piperidine rings is 1. The van der Waals surface area contributed by atoms with Crippen molar-refractivity contribution in [3.8, 4) is 11.6 Å². The first kappa shape index (κ1) is 20.7. The number of ether oxygens (including phenoxy) is 1. The number of nitrogens with zero attached hydrogens (tertiary/aromatic N) is 5. The summed E-state index contributed by atoms with van der Waals surface area (Å²) in [5.74, 6) is 0.634. The molecule has 4 rings (SSSR count). The molecule has 1 saturated heterocycles. The highest BCUT2D eigenvalue weighted by atomic mass is 35.5. The Labute approximate surface area is 174 Å².